The van der Waals surface area contributed by atoms with Crippen LogP contribution in [0.3, 0.4) is 0 Å². The van der Waals surface area contributed by atoms with Gasteiger partial charge in [-0.1, -0.05) is 98.8 Å². The minimum absolute atomic E-state index is 0.0680. The van der Waals surface area contributed by atoms with Gasteiger partial charge in [-0.2, -0.15) is 0 Å². The molecule has 3 fully saturated rings. The van der Waals surface area contributed by atoms with Crippen molar-refractivity contribution in [2.45, 2.75) is 129 Å². The summed E-state index contributed by atoms with van der Waals surface area (Å²) in [5.41, 5.74) is 0.302. The van der Waals surface area contributed by atoms with E-state index in [2.05, 4.69) is 48.3 Å². The monoisotopic (exact) mass is 578 g/mol. The summed E-state index contributed by atoms with van der Waals surface area (Å²) in [6.07, 6.45) is 22.5. The molecule has 0 amide bonds. The van der Waals surface area contributed by atoms with Gasteiger partial charge in [0.25, 0.3) is 0 Å². The predicted octanol–water partition coefficient (Wildman–Crippen LogP) is 8.20. The molecule has 34 heavy (non-hydrogen) atoms. The van der Waals surface area contributed by atoms with Gasteiger partial charge in [-0.15, -0.1) is 0 Å². The zero-order chi connectivity index (χ0) is 24.2. The fourth-order valence-corrected chi connectivity index (χ4v) is 8.92. The van der Waals surface area contributed by atoms with Crippen molar-refractivity contribution in [2.75, 3.05) is 4.43 Å². The second kappa shape index (κ2) is 11.4. The third-order valence-corrected chi connectivity index (χ3v) is 11.1. The second-order valence-electron chi connectivity index (χ2n) is 12.6. The van der Waals surface area contributed by atoms with Gasteiger partial charge >= 0.3 is 0 Å². The number of carbonyl (C=O) groups is 1. The summed E-state index contributed by atoms with van der Waals surface area (Å²) in [4.78, 5) is 13.0. The third kappa shape index (κ3) is 5.49. The molecule has 2 nitrogen and oxygen atoms in total. The molecule has 0 bridgehead atoms. The SMILES string of the molecule is C[C@@]12CCCC1C1CCC3=CC(=O)C(O)(C#CCCCCCCCCCCI)C[C@]3(C)C1CC2. The minimum atomic E-state index is -1.48. The Morgan fingerprint density at radius 3 is 2.41 bits per heavy atom. The summed E-state index contributed by atoms with van der Waals surface area (Å²) in [5, 5.41) is 11.4. The Morgan fingerprint density at radius 2 is 1.68 bits per heavy atom. The Hall–Kier alpha value is -0.340. The Morgan fingerprint density at radius 1 is 0.971 bits per heavy atom. The number of ketones is 1. The molecular weight excluding hydrogens is 531 g/mol. The fourth-order valence-electron chi connectivity index (χ4n) is 8.38. The normalized spacial score (nSPS) is 38.9. The highest BCUT2D eigenvalue weighted by Gasteiger charge is 2.59. The van der Waals surface area contributed by atoms with Gasteiger partial charge in [-0.05, 0) is 90.5 Å². The first kappa shape index (κ1) is 26.7. The van der Waals surface area contributed by atoms with E-state index in [4.69, 9.17) is 0 Å². The van der Waals surface area contributed by atoms with E-state index in [1.165, 1.54) is 93.5 Å². The van der Waals surface area contributed by atoms with Gasteiger partial charge < -0.3 is 5.11 Å². The van der Waals surface area contributed by atoms with Gasteiger partial charge in [0.1, 0.15) is 0 Å². The summed E-state index contributed by atoms with van der Waals surface area (Å²) in [6, 6.07) is 0. The van der Waals surface area contributed by atoms with Gasteiger partial charge in [0.2, 0.25) is 0 Å². The highest BCUT2D eigenvalue weighted by Crippen LogP contribution is 2.65. The van der Waals surface area contributed by atoms with Crippen LogP contribution in [0.15, 0.2) is 11.6 Å². The van der Waals surface area contributed by atoms with E-state index in [-0.39, 0.29) is 11.2 Å². The minimum Gasteiger partial charge on any atom is -0.371 e. The number of unbranched alkanes of at least 4 members (excludes halogenated alkanes) is 8. The van der Waals surface area contributed by atoms with Crippen molar-refractivity contribution in [1.29, 1.82) is 0 Å². The van der Waals surface area contributed by atoms with Crippen molar-refractivity contribution in [3.63, 3.8) is 0 Å². The summed E-state index contributed by atoms with van der Waals surface area (Å²) < 4.78 is 1.28. The molecule has 4 aliphatic carbocycles. The summed E-state index contributed by atoms with van der Waals surface area (Å²) in [7, 11) is 0. The van der Waals surface area contributed by atoms with Gasteiger partial charge in [0, 0.05) is 12.8 Å². The quantitative estimate of drug-likeness (QED) is 0.130. The van der Waals surface area contributed by atoms with Crippen molar-refractivity contribution >= 4 is 28.4 Å². The second-order valence-corrected chi connectivity index (χ2v) is 13.6. The average Bonchev–Trinajstić information content (AvgIpc) is 3.20. The van der Waals surface area contributed by atoms with E-state index in [9.17, 15) is 9.90 Å². The third-order valence-electron chi connectivity index (χ3n) is 10.3. The molecule has 6 atom stereocenters. The lowest BCUT2D eigenvalue weighted by molar-refractivity contribution is -0.135. The van der Waals surface area contributed by atoms with Crippen molar-refractivity contribution in [1.82, 2.24) is 0 Å². The maximum atomic E-state index is 13.0. The van der Waals surface area contributed by atoms with E-state index in [1.54, 1.807) is 0 Å². The molecule has 0 aromatic carbocycles. The van der Waals surface area contributed by atoms with Crippen LogP contribution in [0.1, 0.15) is 123 Å². The Kier molecular flexibility index (Phi) is 8.93. The Labute approximate surface area is 222 Å². The Bertz CT molecular complexity index is 821. The predicted molar refractivity (Wildman–Crippen MR) is 150 cm³/mol. The van der Waals surface area contributed by atoms with Crippen LogP contribution in [0.2, 0.25) is 0 Å². The van der Waals surface area contributed by atoms with Crippen molar-refractivity contribution in [3.8, 4) is 11.8 Å². The van der Waals surface area contributed by atoms with Crippen molar-refractivity contribution < 1.29 is 9.90 Å². The average molecular weight is 579 g/mol. The van der Waals surface area contributed by atoms with Gasteiger partial charge in [-0.3, -0.25) is 4.79 Å². The first-order chi connectivity index (χ1) is 16.3. The summed E-state index contributed by atoms with van der Waals surface area (Å²) in [6.45, 7) is 4.89. The molecule has 3 saturated carbocycles. The number of fused-ring (bicyclic) bond motifs is 5. The van der Waals surface area contributed by atoms with Crippen LogP contribution in [0.5, 0.6) is 0 Å². The van der Waals surface area contributed by atoms with Crippen LogP contribution in [0.25, 0.3) is 0 Å². The molecular formula is C31H47IO2. The molecule has 0 heterocycles. The number of carbonyl (C=O) groups excluding carboxylic acids is 1. The summed E-state index contributed by atoms with van der Waals surface area (Å²) in [5.74, 6) is 8.36. The van der Waals surface area contributed by atoms with E-state index in [1.807, 2.05) is 6.08 Å². The number of hydrogen-bond acceptors (Lipinski definition) is 2. The first-order valence-corrected chi connectivity index (χ1v) is 15.9. The van der Waals surface area contributed by atoms with Crippen LogP contribution < -0.4 is 0 Å². The highest BCUT2D eigenvalue weighted by molar-refractivity contribution is 14.1. The number of hydrogen-bond donors (Lipinski definition) is 1. The molecule has 4 rings (SSSR count). The zero-order valence-electron chi connectivity index (χ0n) is 21.8. The van der Waals surface area contributed by atoms with Gasteiger partial charge in [0.15, 0.2) is 11.4 Å². The molecule has 0 radical (unpaired) electrons. The molecule has 1 N–H and O–H groups in total. The molecule has 0 spiro atoms. The molecule has 4 aliphatic rings. The lowest BCUT2D eigenvalue weighted by Gasteiger charge is -2.58. The maximum absolute atomic E-state index is 13.0. The Balaban J connectivity index is 1.32. The number of allylic oxidation sites excluding steroid dienone is 1. The van der Waals surface area contributed by atoms with E-state index in [0.29, 0.717) is 17.8 Å². The fraction of sp³-hybridized carbons (Fsp3) is 0.839. The molecule has 0 aromatic heterocycles. The van der Waals surface area contributed by atoms with Crippen LogP contribution >= 0.6 is 22.6 Å². The van der Waals surface area contributed by atoms with E-state index >= 15 is 0 Å². The lowest BCUT2D eigenvalue weighted by atomic mass is 9.46. The largest absolute Gasteiger partial charge is 0.371 e. The van der Waals surface area contributed by atoms with Crippen molar-refractivity contribution in [3.05, 3.63) is 11.6 Å². The number of alkyl halides is 1. The highest BCUT2D eigenvalue weighted by atomic mass is 127. The van der Waals surface area contributed by atoms with Crippen LogP contribution in [0, 0.1) is 40.4 Å². The van der Waals surface area contributed by atoms with Gasteiger partial charge in [-0.25, -0.2) is 0 Å². The smallest absolute Gasteiger partial charge is 0.199 e. The summed E-state index contributed by atoms with van der Waals surface area (Å²) >= 11 is 2.46. The lowest BCUT2D eigenvalue weighted by Crippen LogP contribution is -2.54. The van der Waals surface area contributed by atoms with E-state index < -0.39 is 5.60 Å². The molecule has 0 aliphatic heterocycles. The number of aliphatic hydroxyl groups is 1. The standard InChI is InChI=1S/C31H47IO2/c1-29-18-13-14-26(29)25-16-15-24-22-28(33)31(34,23-30(24,2)27(25)17-20-29)19-11-9-7-5-3-4-6-8-10-12-21-32/h22,25-27,34H,3-10,12-18,20-21,23H2,1-2H3/t25?,26?,27?,29-,30-,31?/m0/s1. The molecule has 0 aromatic rings. The van der Waals surface area contributed by atoms with Crippen LogP contribution in [-0.4, -0.2) is 20.9 Å². The molecule has 0 saturated heterocycles. The number of rotatable bonds is 9. The maximum Gasteiger partial charge on any atom is 0.199 e. The zero-order valence-corrected chi connectivity index (χ0v) is 23.9. The number of halogens is 1. The van der Waals surface area contributed by atoms with E-state index in [0.717, 1.165) is 31.1 Å². The first-order valence-electron chi connectivity index (χ1n) is 14.4. The van der Waals surface area contributed by atoms with Crippen LogP contribution in [0.4, 0.5) is 0 Å². The van der Waals surface area contributed by atoms with Crippen molar-refractivity contribution in [2.24, 2.45) is 28.6 Å². The molecule has 4 unspecified atom stereocenters. The van der Waals surface area contributed by atoms with Gasteiger partial charge in [0.05, 0.1) is 0 Å². The van der Waals surface area contributed by atoms with Crippen LogP contribution in [-0.2, 0) is 4.79 Å². The topological polar surface area (TPSA) is 37.3 Å². The molecule has 3 heteroatoms. The molecule has 190 valence electrons.